The molecular formula is C24H26N2O3. The van der Waals surface area contributed by atoms with Gasteiger partial charge < -0.3 is 15.0 Å². The largest absolute Gasteiger partial charge is 0.384 e. The molecule has 1 atom stereocenters. The second-order valence-electron chi connectivity index (χ2n) is 7.17. The average molecular weight is 390 g/mol. The number of carbonyl (C=O) groups excluding carboxylic acids is 1. The maximum absolute atomic E-state index is 12.5. The second-order valence-corrected chi connectivity index (χ2v) is 7.17. The summed E-state index contributed by atoms with van der Waals surface area (Å²) in [6.07, 6.45) is 0. The van der Waals surface area contributed by atoms with Gasteiger partial charge >= 0.3 is 0 Å². The summed E-state index contributed by atoms with van der Waals surface area (Å²) in [7, 11) is 1.69. The number of ether oxygens (including phenoxy) is 1. The molecule has 2 aromatic carbocycles. The van der Waals surface area contributed by atoms with Gasteiger partial charge in [-0.3, -0.25) is 9.59 Å². The zero-order valence-electron chi connectivity index (χ0n) is 17.0. The lowest BCUT2D eigenvalue weighted by molar-refractivity contribution is 0.0950. The Hall–Kier alpha value is -3.18. The first kappa shape index (κ1) is 20.6. The first-order valence-electron chi connectivity index (χ1n) is 9.61. The Kier molecular flexibility index (Phi) is 6.62. The van der Waals surface area contributed by atoms with E-state index < -0.39 is 0 Å². The van der Waals surface area contributed by atoms with Crippen molar-refractivity contribution in [1.82, 2.24) is 10.3 Å². The summed E-state index contributed by atoms with van der Waals surface area (Å²) in [4.78, 5) is 27.4. The van der Waals surface area contributed by atoms with Crippen LogP contribution in [0.1, 0.15) is 44.2 Å². The van der Waals surface area contributed by atoms with Crippen molar-refractivity contribution < 1.29 is 9.53 Å². The molecule has 3 aromatic rings. The molecule has 0 radical (unpaired) electrons. The molecule has 1 aromatic heterocycles. The van der Waals surface area contributed by atoms with Gasteiger partial charge in [-0.05, 0) is 48.7 Å². The van der Waals surface area contributed by atoms with Gasteiger partial charge in [0.2, 0.25) is 0 Å². The van der Waals surface area contributed by atoms with E-state index in [9.17, 15) is 9.59 Å². The molecule has 0 saturated heterocycles. The van der Waals surface area contributed by atoms with Gasteiger partial charge in [-0.25, -0.2) is 0 Å². The molecular weight excluding hydrogens is 364 g/mol. The highest BCUT2D eigenvalue weighted by Gasteiger charge is 2.15. The van der Waals surface area contributed by atoms with E-state index in [1.54, 1.807) is 7.11 Å². The van der Waals surface area contributed by atoms with E-state index in [0.717, 1.165) is 16.8 Å². The van der Waals surface area contributed by atoms with Crippen LogP contribution in [0.4, 0.5) is 0 Å². The Bertz CT molecular complexity index is 1020. The van der Waals surface area contributed by atoms with Crippen LogP contribution in [-0.2, 0) is 11.3 Å². The Morgan fingerprint density at radius 1 is 1.03 bits per heavy atom. The molecule has 150 valence electrons. The molecule has 29 heavy (non-hydrogen) atoms. The number of methoxy groups -OCH3 is 1. The number of aromatic nitrogens is 1. The van der Waals surface area contributed by atoms with Crippen LogP contribution < -0.4 is 10.9 Å². The van der Waals surface area contributed by atoms with Crippen LogP contribution in [0.15, 0.2) is 65.5 Å². The topological polar surface area (TPSA) is 71.2 Å². The molecule has 0 aliphatic heterocycles. The van der Waals surface area contributed by atoms with Gasteiger partial charge in [0.1, 0.15) is 0 Å². The summed E-state index contributed by atoms with van der Waals surface area (Å²) in [5.41, 5.74) is 4.89. The third kappa shape index (κ3) is 5.00. The number of amides is 1. The average Bonchev–Trinajstić information content (AvgIpc) is 2.72. The number of hydrogen-bond donors (Lipinski definition) is 2. The van der Waals surface area contributed by atoms with Crippen LogP contribution >= 0.6 is 0 Å². The van der Waals surface area contributed by atoms with Crippen molar-refractivity contribution in [2.24, 2.45) is 0 Å². The Labute approximate surface area is 170 Å². The van der Waals surface area contributed by atoms with Gasteiger partial charge in [-0.2, -0.15) is 0 Å². The molecule has 0 aliphatic carbocycles. The fourth-order valence-corrected chi connectivity index (χ4v) is 3.48. The number of hydrogen-bond acceptors (Lipinski definition) is 3. The molecule has 1 heterocycles. The summed E-state index contributed by atoms with van der Waals surface area (Å²) < 4.78 is 5.40. The van der Waals surface area contributed by atoms with E-state index in [1.807, 2.05) is 62.4 Å². The minimum Gasteiger partial charge on any atom is -0.384 e. The molecule has 0 saturated carbocycles. The first-order valence-corrected chi connectivity index (χ1v) is 9.61. The quantitative estimate of drug-likeness (QED) is 0.646. The fourth-order valence-electron chi connectivity index (χ4n) is 3.48. The highest BCUT2D eigenvalue weighted by Crippen LogP contribution is 2.25. The maximum Gasteiger partial charge on any atom is 0.253 e. The van der Waals surface area contributed by atoms with E-state index in [-0.39, 0.29) is 23.9 Å². The van der Waals surface area contributed by atoms with Gasteiger partial charge in [-0.1, -0.05) is 42.5 Å². The number of carbonyl (C=O) groups is 1. The van der Waals surface area contributed by atoms with Crippen molar-refractivity contribution >= 4 is 5.91 Å². The SMILES string of the molecule is COCC(c1ccccc1)c1ccc(C(=O)NCc2c(C)cc(C)[nH]c2=O)cc1. The van der Waals surface area contributed by atoms with Crippen molar-refractivity contribution in [2.75, 3.05) is 13.7 Å². The molecule has 0 fully saturated rings. The third-order valence-corrected chi connectivity index (χ3v) is 5.03. The molecule has 3 rings (SSSR count). The van der Waals surface area contributed by atoms with Crippen molar-refractivity contribution in [3.63, 3.8) is 0 Å². The second kappa shape index (κ2) is 9.34. The van der Waals surface area contributed by atoms with E-state index in [0.29, 0.717) is 17.7 Å². The van der Waals surface area contributed by atoms with E-state index in [4.69, 9.17) is 4.74 Å². The predicted molar refractivity (Wildman–Crippen MR) is 114 cm³/mol. The number of pyridine rings is 1. The summed E-state index contributed by atoms with van der Waals surface area (Å²) in [6, 6.07) is 19.6. The Morgan fingerprint density at radius 2 is 1.69 bits per heavy atom. The van der Waals surface area contributed by atoms with E-state index in [1.165, 1.54) is 5.56 Å². The summed E-state index contributed by atoms with van der Waals surface area (Å²) in [6.45, 7) is 4.46. The van der Waals surface area contributed by atoms with Crippen molar-refractivity contribution in [2.45, 2.75) is 26.3 Å². The predicted octanol–water partition coefficient (Wildman–Crippen LogP) is 3.70. The van der Waals surface area contributed by atoms with Crippen LogP contribution in [0.5, 0.6) is 0 Å². The van der Waals surface area contributed by atoms with E-state index >= 15 is 0 Å². The zero-order chi connectivity index (χ0) is 20.8. The zero-order valence-corrected chi connectivity index (χ0v) is 17.0. The minimum atomic E-state index is -0.209. The number of nitrogens with one attached hydrogen (secondary N) is 2. The maximum atomic E-state index is 12.5. The van der Waals surface area contributed by atoms with Crippen molar-refractivity contribution in [3.8, 4) is 0 Å². The number of rotatable bonds is 7. The van der Waals surface area contributed by atoms with Crippen LogP contribution in [-0.4, -0.2) is 24.6 Å². The lowest BCUT2D eigenvalue weighted by Gasteiger charge is -2.17. The van der Waals surface area contributed by atoms with Gasteiger partial charge in [0.25, 0.3) is 11.5 Å². The first-order chi connectivity index (χ1) is 14.0. The standard InChI is InChI=1S/C24H26N2O3/c1-16-13-17(2)26-24(28)21(16)14-25-23(27)20-11-9-19(10-12-20)22(15-29-3)18-7-5-4-6-8-18/h4-13,22H,14-15H2,1-3H3,(H,25,27)(H,26,28). The normalized spacial score (nSPS) is 11.8. The molecule has 2 N–H and O–H groups in total. The molecule has 0 spiro atoms. The molecule has 5 heteroatoms. The number of benzene rings is 2. The monoisotopic (exact) mass is 390 g/mol. The molecule has 0 bridgehead atoms. The lowest BCUT2D eigenvalue weighted by Crippen LogP contribution is -2.27. The summed E-state index contributed by atoms with van der Waals surface area (Å²) in [5, 5.41) is 2.84. The Morgan fingerprint density at radius 3 is 2.31 bits per heavy atom. The van der Waals surface area contributed by atoms with Crippen LogP contribution in [0, 0.1) is 13.8 Å². The molecule has 1 unspecified atom stereocenters. The highest BCUT2D eigenvalue weighted by atomic mass is 16.5. The number of aryl methyl sites for hydroxylation is 2. The minimum absolute atomic E-state index is 0.104. The number of H-pyrrole nitrogens is 1. The lowest BCUT2D eigenvalue weighted by atomic mass is 9.91. The van der Waals surface area contributed by atoms with Crippen LogP contribution in [0.3, 0.4) is 0 Å². The number of aromatic amines is 1. The highest BCUT2D eigenvalue weighted by molar-refractivity contribution is 5.94. The smallest absolute Gasteiger partial charge is 0.253 e. The van der Waals surface area contributed by atoms with Crippen LogP contribution in [0.25, 0.3) is 0 Å². The van der Waals surface area contributed by atoms with Gasteiger partial charge in [-0.15, -0.1) is 0 Å². The molecule has 1 amide bonds. The fraction of sp³-hybridized carbons (Fsp3) is 0.250. The van der Waals surface area contributed by atoms with E-state index in [2.05, 4.69) is 22.4 Å². The van der Waals surface area contributed by atoms with Gasteiger partial charge in [0.05, 0.1) is 6.61 Å². The summed E-state index contributed by atoms with van der Waals surface area (Å²) in [5.74, 6) is -0.106. The van der Waals surface area contributed by atoms with Gasteiger partial charge in [0, 0.05) is 36.4 Å². The van der Waals surface area contributed by atoms with Gasteiger partial charge in [0.15, 0.2) is 0 Å². The van der Waals surface area contributed by atoms with Crippen molar-refractivity contribution in [1.29, 1.82) is 0 Å². The Balaban J connectivity index is 1.72. The third-order valence-electron chi connectivity index (χ3n) is 5.03. The van der Waals surface area contributed by atoms with Crippen LogP contribution in [0.2, 0.25) is 0 Å². The molecule has 0 aliphatic rings. The molecule has 5 nitrogen and oxygen atoms in total. The van der Waals surface area contributed by atoms with Crippen molar-refractivity contribution in [3.05, 3.63) is 105 Å². The summed E-state index contributed by atoms with van der Waals surface area (Å²) >= 11 is 0.